The fraction of sp³-hybridized carbons (Fsp3) is 0.280. The van der Waals surface area contributed by atoms with Crippen molar-refractivity contribution in [3.63, 3.8) is 0 Å². The predicted octanol–water partition coefficient (Wildman–Crippen LogP) is 1.92. The average molecular weight is 592 g/mol. The number of amides is 3. The number of hydrogen-bond acceptors (Lipinski definition) is 7. The first-order valence-corrected chi connectivity index (χ1v) is 14.1. The summed E-state index contributed by atoms with van der Waals surface area (Å²) in [5, 5.41) is 9.38. The quantitative estimate of drug-likeness (QED) is 0.212. The van der Waals surface area contributed by atoms with E-state index in [0.29, 0.717) is 16.8 Å². The van der Waals surface area contributed by atoms with Crippen LogP contribution in [-0.2, 0) is 20.8 Å². The Hall–Kier alpha value is -3.11. The second-order valence-electron chi connectivity index (χ2n) is 8.70. The molecule has 196 valence electrons. The number of aromatic nitrogens is 1. The minimum Gasteiger partial charge on any atom is -0.368 e. The topological polar surface area (TPSA) is 168 Å². The number of nitrogens with two attached hydrogens (primary N) is 1. The van der Waals surface area contributed by atoms with E-state index in [1.54, 1.807) is 30.3 Å². The SMILES string of the molecule is C[C@H](NC(=O)[C@H](C)NC(=O)[C@H](Cc1cc(-c2ccccc2)no1)C[P+](O)(O)c1ccc(Br)cc1)C(N)=O. The molecule has 1 aromatic heterocycles. The first-order valence-electron chi connectivity index (χ1n) is 11.5. The zero-order valence-electron chi connectivity index (χ0n) is 20.3. The van der Waals surface area contributed by atoms with E-state index in [0.717, 1.165) is 10.0 Å². The molecule has 0 saturated heterocycles. The molecule has 0 bridgehead atoms. The summed E-state index contributed by atoms with van der Waals surface area (Å²) in [6.07, 6.45) is -0.273. The molecule has 0 aliphatic heterocycles. The van der Waals surface area contributed by atoms with Crippen LogP contribution in [0, 0.1) is 5.92 Å². The van der Waals surface area contributed by atoms with Gasteiger partial charge in [0.05, 0.1) is 5.92 Å². The van der Waals surface area contributed by atoms with Gasteiger partial charge in [-0.15, -0.1) is 0 Å². The molecule has 2 aromatic carbocycles. The van der Waals surface area contributed by atoms with Crippen molar-refractivity contribution in [1.29, 1.82) is 0 Å². The summed E-state index contributed by atoms with van der Waals surface area (Å²) in [5.41, 5.74) is 6.59. The van der Waals surface area contributed by atoms with Gasteiger partial charge in [0.1, 0.15) is 29.7 Å². The predicted molar refractivity (Wildman–Crippen MR) is 144 cm³/mol. The molecule has 3 rings (SSSR count). The Morgan fingerprint density at radius 3 is 2.24 bits per heavy atom. The molecule has 3 aromatic rings. The highest BCUT2D eigenvalue weighted by atomic mass is 79.9. The molecule has 3 atom stereocenters. The zero-order chi connectivity index (χ0) is 27.2. The van der Waals surface area contributed by atoms with E-state index in [2.05, 4.69) is 31.7 Å². The van der Waals surface area contributed by atoms with Gasteiger partial charge in [0.25, 0.3) is 0 Å². The number of benzene rings is 2. The molecule has 3 amide bonds. The summed E-state index contributed by atoms with van der Waals surface area (Å²) in [5.74, 6) is -2.50. The van der Waals surface area contributed by atoms with E-state index in [9.17, 15) is 24.2 Å². The van der Waals surface area contributed by atoms with Crippen molar-refractivity contribution in [3.05, 3.63) is 70.9 Å². The number of rotatable bonds is 11. The molecule has 0 aliphatic carbocycles. The number of nitrogens with zero attached hydrogens (tertiary/aromatic N) is 1. The van der Waals surface area contributed by atoms with Crippen LogP contribution in [0.1, 0.15) is 19.6 Å². The molecular formula is C25H29BrN4O6P+. The number of nitrogens with one attached hydrogen (secondary N) is 2. The molecule has 0 spiro atoms. The lowest BCUT2D eigenvalue weighted by atomic mass is 10.0. The second-order valence-corrected chi connectivity index (χ2v) is 12.0. The molecule has 0 unspecified atom stereocenters. The normalized spacial score (nSPS) is 13.9. The Bertz CT molecular complexity index is 1240. The van der Waals surface area contributed by atoms with Crippen LogP contribution in [0.4, 0.5) is 0 Å². The average Bonchev–Trinajstić information content (AvgIpc) is 3.32. The van der Waals surface area contributed by atoms with Crippen molar-refractivity contribution in [2.75, 3.05) is 6.16 Å². The van der Waals surface area contributed by atoms with Gasteiger partial charge in [0.2, 0.25) is 17.7 Å². The smallest absolute Gasteiger partial charge is 0.300 e. The van der Waals surface area contributed by atoms with Crippen LogP contribution in [-0.4, -0.2) is 50.9 Å². The van der Waals surface area contributed by atoms with Gasteiger partial charge in [0.15, 0.2) is 5.30 Å². The van der Waals surface area contributed by atoms with E-state index in [1.165, 1.54) is 13.8 Å². The van der Waals surface area contributed by atoms with Gasteiger partial charge in [-0.1, -0.05) is 51.4 Å². The second kappa shape index (κ2) is 12.4. The molecule has 6 N–H and O–H groups in total. The molecule has 12 heteroatoms. The maximum Gasteiger partial charge on any atom is 0.300 e. The van der Waals surface area contributed by atoms with Crippen molar-refractivity contribution in [2.45, 2.75) is 32.4 Å². The molecule has 0 fully saturated rings. The highest BCUT2D eigenvalue weighted by Gasteiger charge is 2.43. The van der Waals surface area contributed by atoms with Gasteiger partial charge in [-0.05, 0) is 38.1 Å². The summed E-state index contributed by atoms with van der Waals surface area (Å²) in [4.78, 5) is 58.9. The molecular weight excluding hydrogens is 563 g/mol. The van der Waals surface area contributed by atoms with Crippen LogP contribution < -0.4 is 21.7 Å². The summed E-state index contributed by atoms with van der Waals surface area (Å²) in [6.45, 7) is 2.88. The van der Waals surface area contributed by atoms with E-state index in [1.807, 2.05) is 30.3 Å². The largest absolute Gasteiger partial charge is 0.368 e. The first-order chi connectivity index (χ1) is 17.5. The maximum atomic E-state index is 13.3. The minimum absolute atomic E-state index is 0.0110. The van der Waals surface area contributed by atoms with Crippen LogP contribution in [0.5, 0.6) is 0 Å². The molecule has 1 heterocycles. The Balaban J connectivity index is 1.81. The Kier molecular flexibility index (Phi) is 9.56. The lowest BCUT2D eigenvalue weighted by molar-refractivity contribution is -0.132. The number of carbonyl (C=O) groups is 3. The fourth-order valence-corrected chi connectivity index (χ4v) is 5.55. The van der Waals surface area contributed by atoms with E-state index in [4.69, 9.17) is 10.3 Å². The molecule has 0 saturated carbocycles. The maximum absolute atomic E-state index is 13.3. The van der Waals surface area contributed by atoms with Crippen molar-refractivity contribution in [1.82, 2.24) is 15.8 Å². The van der Waals surface area contributed by atoms with Crippen LogP contribution in [0.3, 0.4) is 0 Å². The zero-order valence-corrected chi connectivity index (χ0v) is 22.8. The summed E-state index contributed by atoms with van der Waals surface area (Å²) >= 11 is 3.32. The van der Waals surface area contributed by atoms with Gasteiger partial charge >= 0.3 is 7.72 Å². The van der Waals surface area contributed by atoms with Gasteiger partial charge < -0.3 is 20.9 Å². The van der Waals surface area contributed by atoms with Gasteiger partial charge in [-0.2, -0.15) is 0 Å². The third-order valence-electron chi connectivity index (χ3n) is 5.70. The van der Waals surface area contributed by atoms with Gasteiger partial charge in [-0.3, -0.25) is 14.4 Å². The number of carbonyl (C=O) groups excluding carboxylic acids is 3. The van der Waals surface area contributed by atoms with Crippen molar-refractivity contribution >= 4 is 46.7 Å². The molecule has 0 radical (unpaired) electrons. The summed E-state index contributed by atoms with van der Waals surface area (Å²) in [7, 11) is -3.72. The summed E-state index contributed by atoms with van der Waals surface area (Å²) in [6, 6.07) is 15.6. The Morgan fingerprint density at radius 2 is 1.62 bits per heavy atom. The van der Waals surface area contributed by atoms with Crippen molar-refractivity contribution < 1.29 is 28.7 Å². The third kappa shape index (κ3) is 7.93. The molecule has 0 aliphatic rings. The van der Waals surface area contributed by atoms with Gasteiger partial charge in [0, 0.05) is 22.5 Å². The summed E-state index contributed by atoms with van der Waals surface area (Å²) < 4.78 is 6.22. The molecule has 37 heavy (non-hydrogen) atoms. The lowest BCUT2D eigenvalue weighted by Crippen LogP contribution is -2.52. The number of hydrogen-bond donors (Lipinski definition) is 5. The monoisotopic (exact) mass is 591 g/mol. The van der Waals surface area contributed by atoms with Crippen LogP contribution in [0.15, 0.2) is 69.7 Å². The van der Waals surface area contributed by atoms with E-state index < -0.39 is 43.4 Å². The third-order valence-corrected chi connectivity index (χ3v) is 8.30. The highest BCUT2D eigenvalue weighted by Crippen LogP contribution is 2.50. The standard InChI is InChI=1S/C25H28BrN4O6P/c1-15(23(27)31)28-24(32)16(2)29-25(33)18(14-37(34,35)21-10-8-19(26)9-11-21)12-20-13-22(30-36-20)17-6-4-3-5-7-17/h3-11,13,15-16,18,34-35H,12,14H2,1-2H3,(H3-,27,28,29,31,32,33)/p+1/t15-,16-,18+/m0/s1. The van der Waals surface area contributed by atoms with Crippen molar-refractivity contribution in [2.24, 2.45) is 11.7 Å². The minimum atomic E-state index is -3.72. The van der Waals surface area contributed by atoms with Crippen molar-refractivity contribution in [3.8, 4) is 11.3 Å². The first kappa shape index (κ1) is 28.5. The van der Waals surface area contributed by atoms with E-state index in [-0.39, 0.29) is 12.6 Å². The highest BCUT2D eigenvalue weighted by molar-refractivity contribution is 9.10. The Labute approximate surface area is 223 Å². The Morgan fingerprint density at radius 1 is 1.00 bits per heavy atom. The number of primary amides is 1. The lowest BCUT2D eigenvalue weighted by Gasteiger charge is -2.22. The van der Waals surface area contributed by atoms with Gasteiger partial charge in [-0.25, -0.2) is 9.79 Å². The van der Waals surface area contributed by atoms with E-state index >= 15 is 0 Å². The van der Waals surface area contributed by atoms with Crippen LogP contribution in [0.25, 0.3) is 11.3 Å². The van der Waals surface area contributed by atoms with Crippen LogP contribution in [0.2, 0.25) is 0 Å². The fourth-order valence-electron chi connectivity index (χ4n) is 3.54. The van der Waals surface area contributed by atoms with Crippen LogP contribution >= 0.6 is 23.6 Å². The molecule has 10 nitrogen and oxygen atoms in total. The number of halogens is 1.